The predicted octanol–water partition coefficient (Wildman–Crippen LogP) is 4.31. The Kier molecular flexibility index (Phi) is 3.16. The molecule has 0 aliphatic rings. The summed E-state index contributed by atoms with van der Waals surface area (Å²) in [6, 6.07) is 14.5. The summed E-state index contributed by atoms with van der Waals surface area (Å²) in [6.45, 7) is 0. The van der Waals surface area contributed by atoms with Gasteiger partial charge in [0.1, 0.15) is 17.2 Å². The molecule has 0 atom stereocenters. The second kappa shape index (κ2) is 5.12. The number of rotatable bonds is 3. The van der Waals surface area contributed by atoms with Gasteiger partial charge in [0.25, 0.3) is 0 Å². The molecule has 1 N–H and O–H groups in total. The van der Waals surface area contributed by atoms with Crippen molar-refractivity contribution in [3.8, 4) is 27.7 Å². The molecule has 3 nitrogen and oxygen atoms in total. The van der Waals surface area contributed by atoms with E-state index >= 15 is 0 Å². The van der Waals surface area contributed by atoms with Gasteiger partial charge in [-0.15, -0.1) is 11.3 Å². The van der Waals surface area contributed by atoms with Crippen molar-refractivity contribution in [2.24, 2.45) is 0 Å². The SMILES string of the molecule is Oc1cccc(Oc2ccccc2-c2cncs2)c1. The van der Waals surface area contributed by atoms with Crippen molar-refractivity contribution in [1.29, 1.82) is 0 Å². The van der Waals surface area contributed by atoms with Gasteiger partial charge in [-0.2, -0.15) is 0 Å². The highest BCUT2D eigenvalue weighted by atomic mass is 32.1. The van der Waals surface area contributed by atoms with Gasteiger partial charge in [-0.3, -0.25) is 4.98 Å². The lowest BCUT2D eigenvalue weighted by Crippen LogP contribution is -1.86. The molecule has 3 aromatic rings. The number of para-hydroxylation sites is 1. The fourth-order valence-electron chi connectivity index (χ4n) is 1.78. The molecule has 1 heterocycles. The van der Waals surface area contributed by atoms with E-state index in [4.69, 9.17) is 4.74 Å². The van der Waals surface area contributed by atoms with E-state index < -0.39 is 0 Å². The quantitative estimate of drug-likeness (QED) is 0.770. The van der Waals surface area contributed by atoms with Crippen LogP contribution in [-0.2, 0) is 0 Å². The number of phenolic OH excluding ortho intramolecular Hbond substituents is 1. The van der Waals surface area contributed by atoms with Crippen LogP contribution in [0.15, 0.2) is 60.2 Å². The maximum Gasteiger partial charge on any atom is 0.136 e. The van der Waals surface area contributed by atoms with E-state index in [0.29, 0.717) is 5.75 Å². The monoisotopic (exact) mass is 269 g/mol. The third-order valence-electron chi connectivity index (χ3n) is 2.63. The Hall–Kier alpha value is -2.33. The minimum Gasteiger partial charge on any atom is -0.508 e. The molecule has 94 valence electrons. The molecule has 0 saturated carbocycles. The normalized spacial score (nSPS) is 10.3. The van der Waals surface area contributed by atoms with E-state index in [1.807, 2.05) is 36.5 Å². The molecule has 4 heteroatoms. The fraction of sp³-hybridized carbons (Fsp3) is 0. The molecule has 1 aromatic heterocycles. The molecule has 0 aliphatic carbocycles. The third kappa shape index (κ3) is 2.58. The number of nitrogens with zero attached hydrogens (tertiary/aromatic N) is 1. The van der Waals surface area contributed by atoms with Crippen LogP contribution in [-0.4, -0.2) is 10.1 Å². The van der Waals surface area contributed by atoms with Gasteiger partial charge in [0.05, 0.1) is 10.4 Å². The van der Waals surface area contributed by atoms with Crippen LogP contribution in [0.3, 0.4) is 0 Å². The summed E-state index contributed by atoms with van der Waals surface area (Å²) in [5, 5.41) is 9.46. The average molecular weight is 269 g/mol. The van der Waals surface area contributed by atoms with Gasteiger partial charge in [-0.25, -0.2) is 0 Å². The van der Waals surface area contributed by atoms with Crippen LogP contribution in [0.5, 0.6) is 17.2 Å². The van der Waals surface area contributed by atoms with Crippen LogP contribution >= 0.6 is 11.3 Å². The zero-order chi connectivity index (χ0) is 13.1. The van der Waals surface area contributed by atoms with Crippen LogP contribution in [0, 0.1) is 0 Å². The average Bonchev–Trinajstić information content (AvgIpc) is 2.93. The van der Waals surface area contributed by atoms with Crippen LogP contribution in [0.25, 0.3) is 10.4 Å². The molecule has 3 rings (SSSR count). The first kappa shape index (κ1) is 11.7. The van der Waals surface area contributed by atoms with E-state index in [1.165, 1.54) is 0 Å². The van der Waals surface area contributed by atoms with Gasteiger partial charge in [-0.05, 0) is 24.3 Å². The van der Waals surface area contributed by atoms with E-state index in [1.54, 1.807) is 35.0 Å². The number of ether oxygens (including phenoxy) is 1. The molecule has 19 heavy (non-hydrogen) atoms. The van der Waals surface area contributed by atoms with E-state index in [0.717, 1.165) is 16.2 Å². The lowest BCUT2D eigenvalue weighted by Gasteiger charge is -2.09. The highest BCUT2D eigenvalue weighted by Gasteiger charge is 2.08. The molecule has 2 aromatic carbocycles. The first-order chi connectivity index (χ1) is 9.33. The molecular weight excluding hydrogens is 258 g/mol. The molecule has 0 radical (unpaired) electrons. The summed E-state index contributed by atoms with van der Waals surface area (Å²) in [4.78, 5) is 5.14. The summed E-state index contributed by atoms with van der Waals surface area (Å²) in [5.74, 6) is 1.54. The lowest BCUT2D eigenvalue weighted by molar-refractivity contribution is 0.456. The lowest BCUT2D eigenvalue weighted by atomic mass is 10.2. The van der Waals surface area contributed by atoms with Gasteiger partial charge < -0.3 is 9.84 Å². The number of hydrogen-bond acceptors (Lipinski definition) is 4. The molecule has 0 amide bonds. The number of aromatic nitrogens is 1. The summed E-state index contributed by atoms with van der Waals surface area (Å²) >= 11 is 1.56. The minimum atomic E-state index is 0.188. The molecule has 0 saturated heterocycles. The van der Waals surface area contributed by atoms with Crippen LogP contribution < -0.4 is 4.74 Å². The van der Waals surface area contributed by atoms with Gasteiger partial charge >= 0.3 is 0 Å². The third-order valence-corrected chi connectivity index (χ3v) is 3.44. The Bertz CT molecular complexity index is 680. The number of phenols is 1. The van der Waals surface area contributed by atoms with Crippen molar-refractivity contribution in [2.45, 2.75) is 0 Å². The molecule has 0 bridgehead atoms. The number of benzene rings is 2. The maximum atomic E-state index is 9.46. The fourth-order valence-corrected chi connectivity index (χ4v) is 2.43. The molecule has 0 unspecified atom stereocenters. The van der Waals surface area contributed by atoms with Crippen LogP contribution in [0.2, 0.25) is 0 Å². The Labute approximate surface area is 114 Å². The number of thiazole rings is 1. The molecular formula is C15H11NO2S. The standard InChI is InChI=1S/C15H11NO2S/c17-11-4-3-5-12(8-11)18-14-7-2-1-6-13(14)15-9-16-10-19-15/h1-10,17H. The molecule has 0 spiro atoms. The van der Waals surface area contributed by atoms with Crippen molar-refractivity contribution in [2.75, 3.05) is 0 Å². The van der Waals surface area contributed by atoms with Crippen molar-refractivity contribution in [3.63, 3.8) is 0 Å². The molecule has 0 fully saturated rings. The van der Waals surface area contributed by atoms with Crippen molar-refractivity contribution in [3.05, 3.63) is 60.2 Å². The number of aromatic hydroxyl groups is 1. The second-order valence-corrected chi connectivity index (χ2v) is 4.85. The van der Waals surface area contributed by atoms with E-state index in [9.17, 15) is 5.11 Å². The Balaban J connectivity index is 1.97. The van der Waals surface area contributed by atoms with Crippen LogP contribution in [0.1, 0.15) is 0 Å². The highest BCUT2D eigenvalue weighted by molar-refractivity contribution is 7.13. The van der Waals surface area contributed by atoms with Gasteiger partial charge in [0.15, 0.2) is 0 Å². The highest BCUT2D eigenvalue weighted by Crippen LogP contribution is 2.35. The maximum absolute atomic E-state index is 9.46. The first-order valence-corrected chi connectivity index (χ1v) is 6.66. The van der Waals surface area contributed by atoms with E-state index in [-0.39, 0.29) is 5.75 Å². The summed E-state index contributed by atoms with van der Waals surface area (Å²) < 4.78 is 5.83. The number of hydrogen-bond donors (Lipinski definition) is 1. The largest absolute Gasteiger partial charge is 0.508 e. The topological polar surface area (TPSA) is 42.4 Å². The van der Waals surface area contributed by atoms with Gasteiger partial charge in [0.2, 0.25) is 0 Å². The predicted molar refractivity (Wildman–Crippen MR) is 75.7 cm³/mol. The van der Waals surface area contributed by atoms with Crippen LogP contribution in [0.4, 0.5) is 0 Å². The van der Waals surface area contributed by atoms with Crippen molar-refractivity contribution >= 4 is 11.3 Å². The zero-order valence-electron chi connectivity index (χ0n) is 9.98. The summed E-state index contributed by atoms with van der Waals surface area (Å²) in [5.41, 5.74) is 2.79. The Morgan fingerprint density at radius 2 is 1.95 bits per heavy atom. The van der Waals surface area contributed by atoms with Gasteiger partial charge in [0, 0.05) is 17.8 Å². The van der Waals surface area contributed by atoms with Gasteiger partial charge in [-0.1, -0.05) is 18.2 Å². The summed E-state index contributed by atoms with van der Waals surface area (Å²) in [6.07, 6.45) is 1.81. The smallest absolute Gasteiger partial charge is 0.136 e. The van der Waals surface area contributed by atoms with Crippen molar-refractivity contribution in [1.82, 2.24) is 4.98 Å². The summed E-state index contributed by atoms with van der Waals surface area (Å²) in [7, 11) is 0. The first-order valence-electron chi connectivity index (χ1n) is 5.78. The minimum absolute atomic E-state index is 0.188. The molecule has 0 aliphatic heterocycles. The Morgan fingerprint density at radius 1 is 1.05 bits per heavy atom. The second-order valence-electron chi connectivity index (χ2n) is 3.96. The van der Waals surface area contributed by atoms with E-state index in [2.05, 4.69) is 4.98 Å². The Morgan fingerprint density at radius 3 is 2.74 bits per heavy atom. The zero-order valence-corrected chi connectivity index (χ0v) is 10.8. The van der Waals surface area contributed by atoms with Crippen molar-refractivity contribution < 1.29 is 9.84 Å².